The summed E-state index contributed by atoms with van der Waals surface area (Å²) in [6.07, 6.45) is 6.27. The Morgan fingerprint density at radius 2 is 0.968 bits per heavy atom. The van der Waals surface area contributed by atoms with E-state index in [1.807, 2.05) is 0 Å². The number of carbonyl (C=O) groups excluding carboxylic acids is 3. The van der Waals surface area contributed by atoms with Crippen LogP contribution in [0.5, 0.6) is 5.75 Å². The molecule has 0 saturated carbocycles. The Morgan fingerprint density at radius 1 is 0.548 bits per heavy atom. The first-order valence-electron chi connectivity index (χ1n) is 9.58. The average molecular weight is 407 g/mol. The molecular formula is C26H17NO4. The van der Waals surface area contributed by atoms with Crippen LogP contribution in [0.1, 0.15) is 31.8 Å². The molecule has 0 saturated heterocycles. The molecule has 0 atom stereocenters. The van der Waals surface area contributed by atoms with E-state index in [9.17, 15) is 14.4 Å². The zero-order valence-electron chi connectivity index (χ0n) is 16.4. The van der Waals surface area contributed by atoms with E-state index in [-0.39, 0.29) is 23.1 Å². The lowest BCUT2D eigenvalue weighted by molar-refractivity contribution is -0.110. The van der Waals surface area contributed by atoms with E-state index in [0.717, 1.165) is 11.4 Å². The van der Waals surface area contributed by atoms with Crippen molar-refractivity contribution in [2.75, 3.05) is 0 Å². The molecule has 3 aromatic rings. The SMILES string of the molecule is O=C1C=CC(=Nc2ccc(O)cc2)C=C1.O=C1c2ccccc2C(=O)c2ccccc21. The number of rotatable bonds is 1. The molecule has 2 aliphatic carbocycles. The first-order valence-corrected chi connectivity index (χ1v) is 9.58. The Bertz CT molecular complexity index is 1160. The maximum Gasteiger partial charge on any atom is 0.194 e. The number of ketones is 3. The van der Waals surface area contributed by atoms with Crippen LogP contribution in [0.15, 0.2) is 102 Å². The van der Waals surface area contributed by atoms with Crippen LogP contribution < -0.4 is 0 Å². The molecule has 0 unspecified atom stereocenters. The highest BCUT2D eigenvalue weighted by atomic mass is 16.3. The van der Waals surface area contributed by atoms with Gasteiger partial charge in [0.05, 0.1) is 11.4 Å². The Morgan fingerprint density at radius 3 is 1.39 bits per heavy atom. The topological polar surface area (TPSA) is 83.8 Å². The Kier molecular flexibility index (Phi) is 5.49. The summed E-state index contributed by atoms with van der Waals surface area (Å²) in [5.74, 6) is 0.0557. The van der Waals surface area contributed by atoms with Crippen LogP contribution in [0.4, 0.5) is 5.69 Å². The van der Waals surface area contributed by atoms with Gasteiger partial charge in [-0.3, -0.25) is 14.4 Å². The summed E-state index contributed by atoms with van der Waals surface area (Å²) < 4.78 is 0. The summed E-state index contributed by atoms with van der Waals surface area (Å²) >= 11 is 0. The highest BCUT2D eigenvalue weighted by Crippen LogP contribution is 2.26. The van der Waals surface area contributed by atoms with E-state index in [1.54, 1.807) is 84.9 Å². The van der Waals surface area contributed by atoms with Gasteiger partial charge in [-0.15, -0.1) is 0 Å². The van der Waals surface area contributed by atoms with Gasteiger partial charge in [0.1, 0.15) is 5.75 Å². The number of fused-ring (bicyclic) bond motifs is 2. The largest absolute Gasteiger partial charge is 0.508 e. The molecule has 0 heterocycles. The van der Waals surface area contributed by atoms with Crippen molar-refractivity contribution in [3.8, 4) is 5.75 Å². The quantitative estimate of drug-likeness (QED) is 0.467. The minimum Gasteiger partial charge on any atom is -0.508 e. The lowest BCUT2D eigenvalue weighted by Gasteiger charge is -2.16. The molecule has 1 N–H and O–H groups in total. The number of allylic oxidation sites excluding steroid dienone is 4. The molecule has 150 valence electrons. The first-order chi connectivity index (χ1) is 15.0. The molecule has 3 aromatic carbocycles. The van der Waals surface area contributed by atoms with Crippen LogP contribution in [0, 0.1) is 0 Å². The van der Waals surface area contributed by atoms with E-state index >= 15 is 0 Å². The van der Waals surface area contributed by atoms with E-state index < -0.39 is 0 Å². The number of hydrogen-bond acceptors (Lipinski definition) is 5. The monoisotopic (exact) mass is 407 g/mol. The van der Waals surface area contributed by atoms with Crippen LogP contribution in [0.2, 0.25) is 0 Å². The van der Waals surface area contributed by atoms with Gasteiger partial charge in [0, 0.05) is 22.3 Å². The van der Waals surface area contributed by atoms with Crippen molar-refractivity contribution in [3.63, 3.8) is 0 Å². The molecule has 5 rings (SSSR count). The summed E-state index contributed by atoms with van der Waals surface area (Å²) in [6.45, 7) is 0. The second kappa shape index (κ2) is 8.55. The predicted octanol–water partition coefficient (Wildman–Crippen LogP) is 4.62. The van der Waals surface area contributed by atoms with Gasteiger partial charge in [0.15, 0.2) is 17.3 Å². The van der Waals surface area contributed by atoms with Crippen molar-refractivity contribution in [3.05, 3.63) is 119 Å². The van der Waals surface area contributed by atoms with Crippen LogP contribution in [0.3, 0.4) is 0 Å². The predicted molar refractivity (Wildman–Crippen MR) is 118 cm³/mol. The van der Waals surface area contributed by atoms with Crippen LogP contribution in [0.25, 0.3) is 0 Å². The number of benzene rings is 3. The second-order valence-corrected chi connectivity index (χ2v) is 6.87. The molecule has 2 aliphatic rings. The smallest absolute Gasteiger partial charge is 0.194 e. The van der Waals surface area contributed by atoms with Gasteiger partial charge in [-0.2, -0.15) is 0 Å². The van der Waals surface area contributed by atoms with Crippen LogP contribution in [-0.2, 0) is 4.79 Å². The molecule has 0 aromatic heterocycles. The Labute approximate surface area is 178 Å². The summed E-state index contributed by atoms with van der Waals surface area (Å²) in [5, 5.41) is 9.08. The molecule has 0 spiro atoms. The minimum absolute atomic E-state index is 0.0281. The number of hydrogen-bond donors (Lipinski definition) is 1. The summed E-state index contributed by atoms with van der Waals surface area (Å²) in [7, 11) is 0. The number of phenols is 1. The Balaban J connectivity index is 0.000000150. The fraction of sp³-hybridized carbons (Fsp3) is 0. The summed E-state index contributed by atoms with van der Waals surface area (Å²) in [6, 6.07) is 20.5. The van der Waals surface area contributed by atoms with Crippen LogP contribution in [-0.4, -0.2) is 28.2 Å². The van der Waals surface area contributed by atoms with Crippen molar-refractivity contribution < 1.29 is 19.5 Å². The van der Waals surface area contributed by atoms with E-state index in [0.29, 0.717) is 22.3 Å². The fourth-order valence-electron chi connectivity index (χ4n) is 3.25. The standard InChI is InChI=1S/C14H8O2.C12H9NO2/c15-13-9-5-1-2-6-10(9)14(16)12-8-4-3-7-11(12)13;14-11-5-1-9(2-6-11)13-10-3-7-12(15)8-4-10/h1-8H;1-8,14H. The zero-order chi connectivity index (χ0) is 21.8. The minimum atomic E-state index is -0.0641. The molecule has 31 heavy (non-hydrogen) atoms. The maximum absolute atomic E-state index is 12.1. The fourth-order valence-corrected chi connectivity index (χ4v) is 3.25. The highest BCUT2D eigenvalue weighted by Gasteiger charge is 2.28. The third-order valence-corrected chi connectivity index (χ3v) is 4.78. The summed E-state index contributed by atoms with van der Waals surface area (Å²) in [4.78, 5) is 39.3. The molecule has 0 amide bonds. The molecule has 0 bridgehead atoms. The van der Waals surface area contributed by atoms with E-state index in [2.05, 4.69) is 4.99 Å². The van der Waals surface area contributed by atoms with E-state index in [1.165, 1.54) is 12.2 Å². The second-order valence-electron chi connectivity index (χ2n) is 6.87. The van der Waals surface area contributed by atoms with Crippen molar-refractivity contribution in [2.45, 2.75) is 0 Å². The van der Waals surface area contributed by atoms with Crippen molar-refractivity contribution >= 4 is 28.7 Å². The molecule has 0 aliphatic heterocycles. The number of aromatic hydroxyl groups is 1. The average Bonchev–Trinajstić information content (AvgIpc) is 2.81. The van der Waals surface area contributed by atoms with Crippen LogP contribution >= 0.6 is 0 Å². The number of carbonyl (C=O) groups is 3. The molecule has 5 nitrogen and oxygen atoms in total. The molecule has 0 radical (unpaired) electrons. The van der Waals surface area contributed by atoms with Crippen molar-refractivity contribution in [1.82, 2.24) is 0 Å². The zero-order valence-corrected chi connectivity index (χ0v) is 16.4. The maximum atomic E-state index is 12.1. The van der Waals surface area contributed by atoms with Gasteiger partial charge >= 0.3 is 0 Å². The lowest BCUT2D eigenvalue weighted by Crippen LogP contribution is -2.20. The first kappa shape index (κ1) is 19.9. The molecule has 0 fully saturated rings. The third-order valence-electron chi connectivity index (χ3n) is 4.78. The van der Waals surface area contributed by atoms with Gasteiger partial charge in [-0.25, -0.2) is 4.99 Å². The highest BCUT2D eigenvalue weighted by molar-refractivity contribution is 6.28. The van der Waals surface area contributed by atoms with E-state index in [4.69, 9.17) is 5.11 Å². The van der Waals surface area contributed by atoms with Gasteiger partial charge in [-0.1, -0.05) is 48.5 Å². The molecule has 5 heteroatoms. The lowest BCUT2D eigenvalue weighted by atomic mass is 9.84. The third kappa shape index (κ3) is 4.31. The number of phenolic OH excluding ortho intramolecular Hbond substituents is 1. The van der Waals surface area contributed by atoms with Crippen molar-refractivity contribution in [1.29, 1.82) is 0 Å². The number of nitrogens with zero attached hydrogens (tertiary/aromatic N) is 1. The summed E-state index contributed by atoms with van der Waals surface area (Å²) in [5.41, 5.74) is 3.49. The Hall–Kier alpha value is -4.38. The number of aliphatic imine (C=N–C) groups is 1. The van der Waals surface area contributed by atoms with Gasteiger partial charge in [0.25, 0.3) is 0 Å². The normalized spacial score (nSPS) is 13.8. The molecular weight excluding hydrogens is 390 g/mol. The van der Waals surface area contributed by atoms with Gasteiger partial charge < -0.3 is 5.11 Å². The van der Waals surface area contributed by atoms with Crippen molar-refractivity contribution in [2.24, 2.45) is 4.99 Å². The van der Waals surface area contributed by atoms with Gasteiger partial charge in [0.2, 0.25) is 0 Å². The van der Waals surface area contributed by atoms with Gasteiger partial charge in [-0.05, 0) is 48.6 Å².